The van der Waals surface area contributed by atoms with E-state index in [2.05, 4.69) is 31.4 Å². The Balaban J connectivity index is 1.51. The summed E-state index contributed by atoms with van der Waals surface area (Å²) in [7, 11) is 1.86. The van der Waals surface area contributed by atoms with E-state index in [0.717, 1.165) is 15.9 Å². The smallest absolute Gasteiger partial charge is 0.234 e. The summed E-state index contributed by atoms with van der Waals surface area (Å²) in [5.41, 5.74) is 0.777. The number of hydrogen-bond acceptors (Lipinski definition) is 5. The second-order valence-electron chi connectivity index (χ2n) is 5.40. The van der Waals surface area contributed by atoms with Gasteiger partial charge in [0, 0.05) is 17.2 Å². The van der Waals surface area contributed by atoms with Gasteiger partial charge in [-0.1, -0.05) is 45.9 Å². The average Bonchev–Trinajstić information content (AvgIpc) is 3.00. The van der Waals surface area contributed by atoms with Crippen LogP contribution in [0.25, 0.3) is 0 Å². The molecule has 134 valence electrons. The summed E-state index contributed by atoms with van der Waals surface area (Å²) < 4.78 is 8.54. The number of para-hydroxylation sites is 1. The molecule has 26 heavy (non-hydrogen) atoms. The molecule has 0 aliphatic carbocycles. The fourth-order valence-corrected chi connectivity index (χ4v) is 3.12. The van der Waals surface area contributed by atoms with E-state index in [1.807, 2.05) is 66.2 Å². The first-order valence-corrected chi connectivity index (χ1v) is 9.64. The maximum atomic E-state index is 12.0. The standard InChI is InChI=1S/C18H17BrN4O2S/c1-23-16(11-25-15-9-7-13(19)8-10-15)21-22-18(23)26-12-17(24)20-14-5-3-2-4-6-14/h2-10H,11-12H2,1H3,(H,20,24). The first-order chi connectivity index (χ1) is 12.6. The lowest BCUT2D eigenvalue weighted by molar-refractivity contribution is -0.113. The van der Waals surface area contributed by atoms with Gasteiger partial charge in [-0.3, -0.25) is 4.79 Å². The summed E-state index contributed by atoms with van der Waals surface area (Å²) in [4.78, 5) is 12.0. The van der Waals surface area contributed by atoms with Gasteiger partial charge in [-0.05, 0) is 36.4 Å². The maximum absolute atomic E-state index is 12.0. The number of carbonyl (C=O) groups is 1. The fourth-order valence-electron chi connectivity index (χ4n) is 2.12. The SMILES string of the molecule is Cn1c(COc2ccc(Br)cc2)nnc1SCC(=O)Nc1ccccc1. The van der Waals surface area contributed by atoms with Crippen molar-refractivity contribution < 1.29 is 9.53 Å². The van der Waals surface area contributed by atoms with Crippen LogP contribution in [-0.4, -0.2) is 26.4 Å². The summed E-state index contributed by atoms with van der Waals surface area (Å²) in [5, 5.41) is 11.8. The number of carbonyl (C=O) groups excluding carboxylic acids is 1. The van der Waals surface area contributed by atoms with Crippen molar-refractivity contribution in [3.05, 3.63) is 64.9 Å². The van der Waals surface area contributed by atoms with Gasteiger partial charge in [0.05, 0.1) is 5.75 Å². The van der Waals surface area contributed by atoms with Crippen LogP contribution in [0.1, 0.15) is 5.82 Å². The van der Waals surface area contributed by atoms with Crippen LogP contribution in [0.3, 0.4) is 0 Å². The second-order valence-corrected chi connectivity index (χ2v) is 7.26. The predicted octanol–water partition coefficient (Wildman–Crippen LogP) is 3.89. The number of amides is 1. The molecular formula is C18H17BrN4O2S. The zero-order valence-electron chi connectivity index (χ0n) is 14.1. The van der Waals surface area contributed by atoms with Gasteiger partial charge < -0.3 is 14.6 Å². The summed E-state index contributed by atoms with van der Waals surface area (Å²) in [6.45, 7) is 0.307. The molecule has 0 aliphatic rings. The molecule has 1 aromatic heterocycles. The van der Waals surface area contributed by atoms with Crippen molar-refractivity contribution in [1.29, 1.82) is 0 Å². The van der Waals surface area contributed by atoms with Crippen molar-refractivity contribution in [1.82, 2.24) is 14.8 Å². The number of aromatic nitrogens is 3. The molecule has 0 radical (unpaired) electrons. The van der Waals surface area contributed by atoms with E-state index >= 15 is 0 Å². The van der Waals surface area contributed by atoms with Gasteiger partial charge in [0.1, 0.15) is 12.4 Å². The normalized spacial score (nSPS) is 10.5. The second kappa shape index (κ2) is 8.86. The highest BCUT2D eigenvalue weighted by Gasteiger charge is 2.12. The molecule has 0 unspecified atom stereocenters. The van der Waals surface area contributed by atoms with Crippen LogP contribution >= 0.6 is 27.7 Å². The molecule has 0 fully saturated rings. The van der Waals surface area contributed by atoms with E-state index < -0.39 is 0 Å². The van der Waals surface area contributed by atoms with Crippen LogP contribution in [0.2, 0.25) is 0 Å². The third kappa shape index (κ3) is 5.09. The number of halogens is 1. The summed E-state index contributed by atoms with van der Waals surface area (Å²) in [6, 6.07) is 16.9. The minimum absolute atomic E-state index is 0.0862. The number of ether oxygens (including phenoxy) is 1. The lowest BCUT2D eigenvalue weighted by Crippen LogP contribution is -2.14. The van der Waals surface area contributed by atoms with E-state index in [1.54, 1.807) is 0 Å². The molecule has 6 nitrogen and oxygen atoms in total. The van der Waals surface area contributed by atoms with E-state index in [9.17, 15) is 4.79 Å². The molecule has 0 aliphatic heterocycles. The van der Waals surface area contributed by atoms with Crippen molar-refractivity contribution in [3.8, 4) is 5.75 Å². The Morgan fingerprint density at radius 2 is 1.88 bits per heavy atom. The van der Waals surface area contributed by atoms with E-state index in [1.165, 1.54) is 11.8 Å². The van der Waals surface area contributed by atoms with Crippen LogP contribution in [0.15, 0.2) is 64.2 Å². The fraction of sp³-hybridized carbons (Fsp3) is 0.167. The topological polar surface area (TPSA) is 69.0 Å². The number of anilines is 1. The molecule has 1 amide bonds. The number of thioether (sulfide) groups is 1. The summed E-state index contributed by atoms with van der Waals surface area (Å²) >= 11 is 4.72. The monoisotopic (exact) mass is 432 g/mol. The lowest BCUT2D eigenvalue weighted by atomic mass is 10.3. The van der Waals surface area contributed by atoms with Crippen LogP contribution in [0, 0.1) is 0 Å². The van der Waals surface area contributed by atoms with Crippen molar-refractivity contribution in [3.63, 3.8) is 0 Å². The molecule has 2 aromatic carbocycles. The number of hydrogen-bond donors (Lipinski definition) is 1. The highest BCUT2D eigenvalue weighted by molar-refractivity contribution is 9.10. The molecule has 3 aromatic rings. The minimum atomic E-state index is -0.0862. The van der Waals surface area contributed by atoms with Crippen LogP contribution in [0.4, 0.5) is 5.69 Å². The zero-order chi connectivity index (χ0) is 18.4. The van der Waals surface area contributed by atoms with Gasteiger partial charge in [0.2, 0.25) is 5.91 Å². The number of benzene rings is 2. The Kier molecular flexibility index (Phi) is 6.30. The van der Waals surface area contributed by atoms with Crippen molar-refractivity contribution in [2.75, 3.05) is 11.1 Å². The maximum Gasteiger partial charge on any atom is 0.234 e. The third-order valence-corrected chi connectivity index (χ3v) is 5.05. The third-order valence-electron chi connectivity index (χ3n) is 3.50. The molecule has 0 spiro atoms. The largest absolute Gasteiger partial charge is 0.486 e. The van der Waals surface area contributed by atoms with Gasteiger partial charge in [-0.25, -0.2) is 0 Å². The van der Waals surface area contributed by atoms with Crippen LogP contribution in [-0.2, 0) is 18.4 Å². The Morgan fingerprint density at radius 3 is 2.62 bits per heavy atom. The molecular weight excluding hydrogens is 416 g/mol. The first kappa shape index (κ1) is 18.5. The summed E-state index contributed by atoms with van der Waals surface area (Å²) in [6.07, 6.45) is 0. The number of nitrogens with one attached hydrogen (secondary N) is 1. The minimum Gasteiger partial charge on any atom is -0.486 e. The van der Waals surface area contributed by atoms with E-state index in [-0.39, 0.29) is 11.7 Å². The molecule has 0 saturated heterocycles. The Bertz CT molecular complexity index is 869. The molecule has 1 heterocycles. The van der Waals surface area contributed by atoms with Crippen molar-refractivity contribution in [2.24, 2.45) is 7.05 Å². The van der Waals surface area contributed by atoms with Gasteiger partial charge in [-0.2, -0.15) is 0 Å². The van der Waals surface area contributed by atoms with Crippen molar-refractivity contribution >= 4 is 39.3 Å². The first-order valence-electron chi connectivity index (χ1n) is 7.86. The molecule has 1 N–H and O–H groups in total. The number of nitrogens with zero attached hydrogens (tertiary/aromatic N) is 3. The Morgan fingerprint density at radius 1 is 1.15 bits per heavy atom. The molecule has 3 rings (SSSR count). The quantitative estimate of drug-likeness (QED) is 0.573. The van der Waals surface area contributed by atoms with E-state index in [4.69, 9.17) is 4.74 Å². The number of rotatable bonds is 7. The average molecular weight is 433 g/mol. The molecule has 0 saturated carbocycles. The van der Waals surface area contributed by atoms with E-state index in [0.29, 0.717) is 17.6 Å². The van der Waals surface area contributed by atoms with Gasteiger partial charge in [0.15, 0.2) is 11.0 Å². The Hall–Kier alpha value is -2.32. The molecule has 0 atom stereocenters. The van der Waals surface area contributed by atoms with Gasteiger partial charge >= 0.3 is 0 Å². The predicted molar refractivity (Wildman–Crippen MR) is 105 cm³/mol. The van der Waals surface area contributed by atoms with Crippen LogP contribution in [0.5, 0.6) is 5.75 Å². The highest BCUT2D eigenvalue weighted by atomic mass is 79.9. The zero-order valence-corrected chi connectivity index (χ0v) is 16.5. The molecule has 0 bridgehead atoms. The van der Waals surface area contributed by atoms with Gasteiger partial charge in [-0.15, -0.1) is 10.2 Å². The van der Waals surface area contributed by atoms with Crippen molar-refractivity contribution in [2.45, 2.75) is 11.8 Å². The lowest BCUT2D eigenvalue weighted by Gasteiger charge is -2.07. The molecule has 8 heteroatoms. The Labute approximate surface area is 164 Å². The highest BCUT2D eigenvalue weighted by Crippen LogP contribution is 2.19. The summed E-state index contributed by atoms with van der Waals surface area (Å²) in [5.74, 6) is 1.62. The van der Waals surface area contributed by atoms with Crippen LogP contribution < -0.4 is 10.1 Å². The van der Waals surface area contributed by atoms with Gasteiger partial charge in [0.25, 0.3) is 0 Å².